The summed E-state index contributed by atoms with van der Waals surface area (Å²) in [6.07, 6.45) is 2.82. The molecule has 0 aromatic carbocycles. The van der Waals surface area contributed by atoms with Gasteiger partial charge in [-0.2, -0.15) is 4.98 Å². The molecule has 0 aliphatic heterocycles. The maximum Gasteiger partial charge on any atom is 0.328 e. The number of hydrogen-bond acceptors (Lipinski definition) is 7. The Labute approximate surface area is 122 Å². The Morgan fingerprint density at radius 2 is 2.14 bits per heavy atom. The van der Waals surface area contributed by atoms with E-state index in [2.05, 4.69) is 10.1 Å². The van der Waals surface area contributed by atoms with Crippen LogP contribution in [0.5, 0.6) is 0 Å². The first kappa shape index (κ1) is 14.0. The van der Waals surface area contributed by atoms with Crippen molar-refractivity contribution in [3.05, 3.63) is 38.8 Å². The minimum absolute atomic E-state index is 0.134. The van der Waals surface area contributed by atoms with Crippen LogP contribution in [0.1, 0.15) is 30.5 Å². The molecule has 1 saturated carbocycles. The number of nitrogens with one attached hydrogen (secondary N) is 1. The zero-order chi connectivity index (χ0) is 15.2. The summed E-state index contributed by atoms with van der Waals surface area (Å²) < 4.78 is 28.5. The van der Waals surface area contributed by atoms with Gasteiger partial charge in [0.1, 0.15) is 0 Å². The van der Waals surface area contributed by atoms with Gasteiger partial charge < -0.3 is 4.52 Å². The lowest BCUT2D eigenvalue weighted by Gasteiger charge is -2.02. The fraction of sp³-hybridized carbons (Fsp3) is 0.400. The topological polar surface area (TPSA) is 128 Å². The third kappa shape index (κ3) is 2.90. The molecule has 2 aromatic rings. The Balaban J connectivity index is 1.97. The van der Waals surface area contributed by atoms with Gasteiger partial charge in [-0.1, -0.05) is 5.16 Å². The molecule has 1 N–H and O–H groups in total. The van der Waals surface area contributed by atoms with Gasteiger partial charge in [-0.25, -0.2) is 13.2 Å². The number of H-pyrrole nitrogens is 1. The molecule has 0 radical (unpaired) electrons. The number of rotatable bonds is 4. The molecule has 0 atom stereocenters. The van der Waals surface area contributed by atoms with Crippen molar-refractivity contribution >= 4 is 19.7 Å². The smallest absolute Gasteiger partial charge is 0.328 e. The van der Waals surface area contributed by atoms with Crippen LogP contribution in [0.15, 0.2) is 25.2 Å². The van der Waals surface area contributed by atoms with Crippen LogP contribution in [0, 0.1) is 0 Å². The summed E-state index contributed by atoms with van der Waals surface area (Å²) in [5, 5.41) is 3.71. The van der Waals surface area contributed by atoms with Crippen molar-refractivity contribution in [3.63, 3.8) is 0 Å². The summed E-state index contributed by atoms with van der Waals surface area (Å²) in [6, 6.07) is 0. The summed E-state index contributed by atoms with van der Waals surface area (Å²) >= 11 is 0. The quantitative estimate of drug-likeness (QED) is 0.766. The Kier molecular flexibility index (Phi) is 3.21. The maximum atomic E-state index is 11.7. The maximum absolute atomic E-state index is 11.7. The molecule has 112 valence electrons. The lowest BCUT2D eigenvalue weighted by Crippen LogP contribution is -2.32. The third-order valence-corrected chi connectivity index (χ3v) is 4.28. The molecular formula is C10H9ClN4O5S. The van der Waals surface area contributed by atoms with Gasteiger partial charge >= 0.3 is 5.69 Å². The highest BCUT2D eigenvalue weighted by Gasteiger charge is 2.29. The highest BCUT2D eigenvalue weighted by Crippen LogP contribution is 2.38. The number of aromatic nitrogens is 4. The van der Waals surface area contributed by atoms with Crippen LogP contribution in [0.2, 0.25) is 0 Å². The highest BCUT2D eigenvalue weighted by molar-refractivity contribution is 8.13. The molecule has 1 aliphatic rings. The molecule has 9 nitrogen and oxygen atoms in total. The van der Waals surface area contributed by atoms with Gasteiger partial charge in [0.05, 0.1) is 6.54 Å². The van der Waals surface area contributed by atoms with Crippen LogP contribution >= 0.6 is 10.7 Å². The summed E-state index contributed by atoms with van der Waals surface area (Å²) in [4.78, 5) is 28.3. The van der Waals surface area contributed by atoms with Gasteiger partial charge in [0, 0.05) is 22.8 Å². The largest absolute Gasteiger partial charge is 0.339 e. The van der Waals surface area contributed by atoms with Crippen molar-refractivity contribution in [1.29, 1.82) is 0 Å². The van der Waals surface area contributed by atoms with E-state index in [1.165, 1.54) is 0 Å². The summed E-state index contributed by atoms with van der Waals surface area (Å²) in [6.45, 7) is -0.134. The number of nitrogens with zero attached hydrogens (tertiary/aromatic N) is 3. The van der Waals surface area contributed by atoms with E-state index in [-0.39, 0.29) is 18.3 Å². The Bertz CT molecular complexity index is 908. The molecule has 2 aromatic heterocycles. The predicted octanol–water partition coefficient (Wildman–Crippen LogP) is -0.227. The van der Waals surface area contributed by atoms with E-state index in [4.69, 9.17) is 15.2 Å². The Morgan fingerprint density at radius 3 is 2.76 bits per heavy atom. The second-order valence-electron chi connectivity index (χ2n) is 4.64. The molecule has 3 rings (SSSR count). The zero-order valence-corrected chi connectivity index (χ0v) is 12.0. The van der Waals surface area contributed by atoms with Gasteiger partial charge in [0.2, 0.25) is 5.89 Å². The van der Waals surface area contributed by atoms with Gasteiger partial charge in [-0.05, 0) is 12.8 Å². The van der Waals surface area contributed by atoms with Crippen LogP contribution in [-0.4, -0.2) is 28.1 Å². The molecule has 11 heteroatoms. The molecule has 1 fully saturated rings. The van der Waals surface area contributed by atoms with E-state index >= 15 is 0 Å². The summed E-state index contributed by atoms with van der Waals surface area (Å²) in [7, 11) is 0.873. The minimum Gasteiger partial charge on any atom is -0.339 e. The lowest BCUT2D eigenvalue weighted by atomic mass is 10.4. The van der Waals surface area contributed by atoms with Crippen molar-refractivity contribution in [2.24, 2.45) is 0 Å². The first-order chi connectivity index (χ1) is 9.84. The molecule has 0 spiro atoms. The van der Waals surface area contributed by atoms with Crippen molar-refractivity contribution in [3.8, 4) is 0 Å². The molecular weight excluding hydrogens is 324 g/mol. The molecule has 2 heterocycles. The Morgan fingerprint density at radius 1 is 1.43 bits per heavy atom. The predicted molar refractivity (Wildman–Crippen MR) is 69.7 cm³/mol. The standard InChI is InChI=1S/C10H9ClN4O5S/c11-21(18,19)6-3-15(10(17)13-8(6)16)4-7-12-9(20-14-7)5-1-2-5/h3,5H,1-2,4H2,(H,13,16,17). The van der Waals surface area contributed by atoms with Crippen molar-refractivity contribution in [1.82, 2.24) is 19.7 Å². The monoisotopic (exact) mass is 332 g/mol. The number of halogens is 1. The summed E-state index contributed by atoms with van der Waals surface area (Å²) in [5.41, 5.74) is -1.86. The highest BCUT2D eigenvalue weighted by atomic mass is 35.7. The minimum atomic E-state index is -4.26. The van der Waals surface area contributed by atoms with E-state index in [0.717, 1.165) is 23.6 Å². The van der Waals surface area contributed by atoms with E-state index in [0.29, 0.717) is 5.89 Å². The van der Waals surface area contributed by atoms with Gasteiger partial charge in [0.25, 0.3) is 14.6 Å². The van der Waals surface area contributed by atoms with E-state index in [1.54, 1.807) is 0 Å². The molecule has 0 amide bonds. The normalized spacial score (nSPS) is 15.3. The second-order valence-corrected chi connectivity index (χ2v) is 7.18. The van der Waals surface area contributed by atoms with Crippen molar-refractivity contribution < 1.29 is 12.9 Å². The van der Waals surface area contributed by atoms with Crippen LogP contribution in [-0.2, 0) is 15.6 Å². The van der Waals surface area contributed by atoms with Gasteiger partial charge in [-0.3, -0.25) is 14.3 Å². The average Bonchev–Trinajstić information content (AvgIpc) is 3.12. The van der Waals surface area contributed by atoms with E-state index in [9.17, 15) is 18.0 Å². The fourth-order valence-corrected chi connectivity index (χ4v) is 2.62. The molecule has 1 aliphatic carbocycles. The molecule has 0 bridgehead atoms. The van der Waals surface area contributed by atoms with Crippen LogP contribution in [0.4, 0.5) is 0 Å². The van der Waals surface area contributed by atoms with Crippen molar-refractivity contribution in [2.45, 2.75) is 30.2 Å². The zero-order valence-electron chi connectivity index (χ0n) is 10.4. The first-order valence-electron chi connectivity index (χ1n) is 5.95. The SMILES string of the molecule is O=c1[nH]c(=O)n(Cc2noc(C3CC3)n2)cc1S(=O)(=O)Cl. The first-order valence-corrected chi connectivity index (χ1v) is 8.26. The number of aromatic amines is 1. The molecule has 0 saturated heterocycles. The van der Waals surface area contributed by atoms with Crippen molar-refractivity contribution in [2.75, 3.05) is 0 Å². The second kappa shape index (κ2) is 4.81. The van der Waals surface area contributed by atoms with E-state index in [1.807, 2.05) is 4.98 Å². The lowest BCUT2D eigenvalue weighted by molar-refractivity contribution is 0.372. The molecule has 21 heavy (non-hydrogen) atoms. The fourth-order valence-electron chi connectivity index (χ4n) is 1.76. The molecule has 0 unspecified atom stereocenters. The van der Waals surface area contributed by atoms with Gasteiger partial charge in [0.15, 0.2) is 10.7 Å². The third-order valence-electron chi connectivity index (χ3n) is 2.96. The van der Waals surface area contributed by atoms with E-state index < -0.39 is 25.2 Å². The van der Waals surface area contributed by atoms with Crippen LogP contribution in [0.25, 0.3) is 0 Å². The van der Waals surface area contributed by atoms with Gasteiger partial charge in [-0.15, -0.1) is 0 Å². The van der Waals surface area contributed by atoms with Crippen LogP contribution < -0.4 is 11.2 Å². The average molecular weight is 333 g/mol. The van der Waals surface area contributed by atoms with Crippen LogP contribution in [0.3, 0.4) is 0 Å². The summed E-state index contributed by atoms with van der Waals surface area (Å²) in [5.74, 6) is 0.967. The Hall–Kier alpha value is -1.94. The number of hydrogen-bond donors (Lipinski definition) is 1.